The zero-order chi connectivity index (χ0) is 18.7. The Kier molecular flexibility index (Phi) is 5.07. The standard InChI is InChI=1S/C21H22N2O3/c1-14(10-11-20(24)25)23-13-18(17-8-3-4-9-19(17)23)21(26)15-6-5-7-16(12-15)22-2/h3-9,12-14,22H,10-11H2,1-2H3,(H,24,25). The van der Waals surface area contributed by atoms with E-state index in [9.17, 15) is 9.59 Å². The Bertz CT molecular complexity index is 959. The molecule has 1 heterocycles. The van der Waals surface area contributed by atoms with Crippen molar-refractivity contribution in [1.82, 2.24) is 4.57 Å². The lowest BCUT2D eigenvalue weighted by Gasteiger charge is -2.14. The third kappa shape index (κ3) is 3.47. The van der Waals surface area contributed by atoms with E-state index in [1.165, 1.54) is 0 Å². The van der Waals surface area contributed by atoms with Gasteiger partial charge in [-0.05, 0) is 31.5 Å². The van der Waals surface area contributed by atoms with Crippen molar-refractivity contribution in [3.8, 4) is 0 Å². The first-order valence-corrected chi connectivity index (χ1v) is 8.65. The molecule has 0 fully saturated rings. The molecule has 3 aromatic rings. The van der Waals surface area contributed by atoms with Crippen molar-refractivity contribution in [2.75, 3.05) is 12.4 Å². The highest BCUT2D eigenvalue weighted by molar-refractivity contribution is 6.16. The van der Waals surface area contributed by atoms with Crippen molar-refractivity contribution in [2.24, 2.45) is 0 Å². The lowest BCUT2D eigenvalue weighted by molar-refractivity contribution is -0.137. The summed E-state index contributed by atoms with van der Waals surface area (Å²) in [6, 6.07) is 15.1. The summed E-state index contributed by atoms with van der Waals surface area (Å²) >= 11 is 0. The Labute approximate surface area is 152 Å². The van der Waals surface area contributed by atoms with Crippen molar-refractivity contribution >= 4 is 28.3 Å². The van der Waals surface area contributed by atoms with Crippen LogP contribution in [0.5, 0.6) is 0 Å². The first-order chi connectivity index (χ1) is 12.5. The number of anilines is 1. The zero-order valence-corrected chi connectivity index (χ0v) is 14.9. The summed E-state index contributed by atoms with van der Waals surface area (Å²) in [6.45, 7) is 1.98. The number of carbonyl (C=O) groups excluding carboxylic acids is 1. The Morgan fingerprint density at radius 2 is 1.92 bits per heavy atom. The molecule has 3 rings (SSSR count). The second-order valence-corrected chi connectivity index (χ2v) is 6.41. The molecule has 0 amide bonds. The number of rotatable bonds is 7. The van der Waals surface area contributed by atoms with Gasteiger partial charge in [-0.25, -0.2) is 0 Å². The van der Waals surface area contributed by atoms with Crippen LogP contribution in [0.25, 0.3) is 10.9 Å². The van der Waals surface area contributed by atoms with E-state index in [1.807, 2.05) is 73.3 Å². The van der Waals surface area contributed by atoms with E-state index in [0.29, 0.717) is 17.5 Å². The predicted molar refractivity (Wildman–Crippen MR) is 103 cm³/mol. The van der Waals surface area contributed by atoms with Crippen molar-refractivity contribution in [1.29, 1.82) is 0 Å². The van der Waals surface area contributed by atoms with Crippen LogP contribution >= 0.6 is 0 Å². The molecule has 26 heavy (non-hydrogen) atoms. The molecule has 1 unspecified atom stereocenters. The van der Waals surface area contributed by atoms with Gasteiger partial charge in [0.05, 0.1) is 0 Å². The number of hydrogen-bond acceptors (Lipinski definition) is 3. The number of fused-ring (bicyclic) bond motifs is 1. The monoisotopic (exact) mass is 350 g/mol. The fraction of sp³-hybridized carbons (Fsp3) is 0.238. The lowest BCUT2D eigenvalue weighted by atomic mass is 10.0. The molecule has 0 bridgehead atoms. The molecule has 0 aliphatic carbocycles. The summed E-state index contributed by atoms with van der Waals surface area (Å²) < 4.78 is 2.01. The van der Waals surface area contributed by atoms with Gasteiger partial charge in [0.15, 0.2) is 5.78 Å². The summed E-state index contributed by atoms with van der Waals surface area (Å²) in [6.07, 6.45) is 2.46. The van der Waals surface area contributed by atoms with E-state index >= 15 is 0 Å². The maximum atomic E-state index is 13.1. The van der Waals surface area contributed by atoms with Gasteiger partial charge in [0.1, 0.15) is 0 Å². The third-order valence-electron chi connectivity index (χ3n) is 4.65. The summed E-state index contributed by atoms with van der Waals surface area (Å²) in [5.74, 6) is -0.851. The number of ketones is 1. The van der Waals surface area contributed by atoms with Gasteiger partial charge < -0.3 is 15.0 Å². The molecule has 0 aliphatic heterocycles. The van der Waals surface area contributed by atoms with Crippen molar-refractivity contribution < 1.29 is 14.7 Å². The number of benzene rings is 2. The topological polar surface area (TPSA) is 71.3 Å². The van der Waals surface area contributed by atoms with E-state index in [0.717, 1.165) is 16.6 Å². The Balaban J connectivity index is 2.03. The largest absolute Gasteiger partial charge is 0.481 e. The Morgan fingerprint density at radius 1 is 1.15 bits per heavy atom. The number of carbonyl (C=O) groups is 2. The molecular formula is C21H22N2O3. The SMILES string of the molecule is CNc1cccc(C(=O)c2cn(C(C)CCC(=O)O)c3ccccc23)c1. The molecule has 0 aliphatic rings. The molecule has 2 N–H and O–H groups in total. The number of nitrogens with zero attached hydrogens (tertiary/aromatic N) is 1. The second kappa shape index (κ2) is 7.44. The fourth-order valence-electron chi connectivity index (χ4n) is 3.19. The van der Waals surface area contributed by atoms with Crippen LogP contribution in [-0.2, 0) is 4.79 Å². The van der Waals surface area contributed by atoms with Crippen molar-refractivity contribution in [2.45, 2.75) is 25.8 Å². The fourth-order valence-corrected chi connectivity index (χ4v) is 3.19. The molecule has 134 valence electrons. The molecule has 0 saturated carbocycles. The number of nitrogens with one attached hydrogen (secondary N) is 1. The zero-order valence-electron chi connectivity index (χ0n) is 14.9. The minimum absolute atomic E-state index is 0.0128. The number of aliphatic carboxylic acids is 1. The molecule has 0 radical (unpaired) electrons. The minimum Gasteiger partial charge on any atom is -0.481 e. The molecule has 5 heteroatoms. The number of hydrogen-bond donors (Lipinski definition) is 2. The summed E-state index contributed by atoms with van der Waals surface area (Å²) in [7, 11) is 1.82. The molecule has 0 saturated heterocycles. The van der Waals surface area contributed by atoms with Gasteiger partial charge in [-0.15, -0.1) is 0 Å². The van der Waals surface area contributed by atoms with Crippen LogP contribution in [0.15, 0.2) is 54.7 Å². The smallest absolute Gasteiger partial charge is 0.303 e. The van der Waals surface area contributed by atoms with Crippen LogP contribution in [0.1, 0.15) is 41.7 Å². The van der Waals surface area contributed by atoms with Crippen molar-refractivity contribution in [3.05, 3.63) is 65.9 Å². The number of carboxylic acids is 1. The minimum atomic E-state index is -0.812. The molecule has 1 aromatic heterocycles. The maximum Gasteiger partial charge on any atom is 0.303 e. The van der Waals surface area contributed by atoms with E-state index in [4.69, 9.17) is 5.11 Å². The lowest BCUT2D eigenvalue weighted by Crippen LogP contribution is -2.07. The van der Waals surface area contributed by atoms with Gasteiger partial charge >= 0.3 is 5.97 Å². The number of aromatic nitrogens is 1. The first-order valence-electron chi connectivity index (χ1n) is 8.65. The quantitative estimate of drug-likeness (QED) is 0.622. The summed E-state index contributed by atoms with van der Waals surface area (Å²) in [4.78, 5) is 24.0. The summed E-state index contributed by atoms with van der Waals surface area (Å²) in [5, 5.41) is 12.9. The van der Waals surface area contributed by atoms with E-state index in [1.54, 1.807) is 0 Å². The summed E-state index contributed by atoms with van der Waals surface area (Å²) in [5.41, 5.74) is 3.09. The molecular weight excluding hydrogens is 328 g/mol. The highest BCUT2D eigenvalue weighted by Gasteiger charge is 2.19. The van der Waals surface area contributed by atoms with Crippen LogP contribution in [0.2, 0.25) is 0 Å². The van der Waals surface area contributed by atoms with Crippen molar-refractivity contribution in [3.63, 3.8) is 0 Å². The Hall–Kier alpha value is -3.08. The van der Waals surface area contributed by atoms with Crippen LogP contribution < -0.4 is 5.32 Å². The van der Waals surface area contributed by atoms with Crippen LogP contribution in [0, 0.1) is 0 Å². The highest BCUT2D eigenvalue weighted by atomic mass is 16.4. The predicted octanol–water partition coefficient (Wildman–Crippen LogP) is 4.34. The average Bonchev–Trinajstić information content (AvgIpc) is 3.05. The number of para-hydroxylation sites is 1. The third-order valence-corrected chi connectivity index (χ3v) is 4.65. The van der Waals surface area contributed by atoms with Gasteiger partial charge in [-0.2, -0.15) is 0 Å². The van der Waals surface area contributed by atoms with Gasteiger partial charge in [0.25, 0.3) is 0 Å². The Morgan fingerprint density at radius 3 is 2.65 bits per heavy atom. The number of carboxylic acid groups (broad SMARTS) is 1. The molecule has 2 aromatic carbocycles. The van der Waals surface area contributed by atoms with Crippen LogP contribution in [0.3, 0.4) is 0 Å². The second-order valence-electron chi connectivity index (χ2n) is 6.41. The van der Waals surface area contributed by atoms with Crippen LogP contribution in [0.4, 0.5) is 5.69 Å². The first kappa shape index (κ1) is 17.7. The van der Waals surface area contributed by atoms with E-state index in [-0.39, 0.29) is 18.2 Å². The average molecular weight is 350 g/mol. The molecule has 0 spiro atoms. The molecule has 5 nitrogen and oxygen atoms in total. The van der Waals surface area contributed by atoms with Crippen LogP contribution in [-0.4, -0.2) is 28.5 Å². The van der Waals surface area contributed by atoms with E-state index < -0.39 is 5.97 Å². The van der Waals surface area contributed by atoms with Gasteiger partial charge in [0.2, 0.25) is 0 Å². The van der Waals surface area contributed by atoms with Gasteiger partial charge in [0, 0.05) is 53.4 Å². The van der Waals surface area contributed by atoms with E-state index in [2.05, 4.69) is 5.32 Å². The maximum absolute atomic E-state index is 13.1. The van der Waals surface area contributed by atoms with Gasteiger partial charge in [-0.3, -0.25) is 9.59 Å². The highest BCUT2D eigenvalue weighted by Crippen LogP contribution is 2.28. The normalized spacial score (nSPS) is 12.1. The van der Waals surface area contributed by atoms with Gasteiger partial charge in [-0.1, -0.05) is 30.3 Å². The molecule has 1 atom stereocenters.